The van der Waals surface area contributed by atoms with Crippen LogP contribution in [0.25, 0.3) is 11.3 Å². The summed E-state index contributed by atoms with van der Waals surface area (Å²) in [7, 11) is 0. The highest BCUT2D eigenvalue weighted by atomic mass is 35.5. The number of ether oxygens (including phenoxy) is 1. The van der Waals surface area contributed by atoms with Gasteiger partial charge in [0.25, 0.3) is 0 Å². The lowest BCUT2D eigenvalue weighted by molar-refractivity contribution is -0.145. The summed E-state index contributed by atoms with van der Waals surface area (Å²) in [5.41, 5.74) is 1.49. The molecule has 1 aromatic carbocycles. The van der Waals surface area contributed by atoms with Gasteiger partial charge < -0.3 is 9.26 Å². The molecule has 3 rings (SSSR count). The molecule has 0 amide bonds. The smallest absolute Gasteiger partial charge is 0.306 e. The fourth-order valence-corrected chi connectivity index (χ4v) is 2.96. The van der Waals surface area contributed by atoms with Crippen LogP contribution in [0.15, 0.2) is 52.4 Å². The van der Waals surface area contributed by atoms with Crippen molar-refractivity contribution in [3.05, 3.63) is 63.5 Å². The zero-order chi connectivity index (χ0) is 17.6. The first kappa shape index (κ1) is 17.4. The number of rotatable bonds is 7. The molecule has 0 aliphatic rings. The first-order chi connectivity index (χ1) is 12.1. The van der Waals surface area contributed by atoms with Gasteiger partial charge in [-0.3, -0.25) is 9.59 Å². The molecule has 5 nitrogen and oxygen atoms in total. The Kier molecular flexibility index (Phi) is 5.63. The fourth-order valence-electron chi connectivity index (χ4n) is 2.14. The van der Waals surface area contributed by atoms with Crippen LogP contribution in [0.3, 0.4) is 0 Å². The van der Waals surface area contributed by atoms with E-state index in [4.69, 9.17) is 20.9 Å². The maximum Gasteiger partial charge on any atom is 0.306 e. The van der Waals surface area contributed by atoms with Crippen LogP contribution < -0.4 is 0 Å². The van der Waals surface area contributed by atoms with Crippen LogP contribution in [0.2, 0.25) is 5.02 Å². The van der Waals surface area contributed by atoms with E-state index in [2.05, 4.69) is 5.16 Å². The number of hydrogen-bond donors (Lipinski definition) is 0. The Morgan fingerprint density at radius 1 is 1.16 bits per heavy atom. The monoisotopic (exact) mass is 375 g/mol. The van der Waals surface area contributed by atoms with E-state index >= 15 is 0 Å². The normalized spacial score (nSPS) is 10.6. The topological polar surface area (TPSA) is 69.4 Å². The molecule has 128 valence electrons. The zero-order valence-corrected chi connectivity index (χ0v) is 14.7. The molecule has 0 N–H and O–H groups in total. The number of benzene rings is 1. The molecule has 25 heavy (non-hydrogen) atoms. The number of hydrogen-bond acceptors (Lipinski definition) is 6. The van der Waals surface area contributed by atoms with Crippen molar-refractivity contribution in [3.63, 3.8) is 0 Å². The number of carbonyl (C=O) groups excluding carboxylic acids is 2. The van der Waals surface area contributed by atoms with E-state index in [0.29, 0.717) is 21.4 Å². The molecule has 0 atom stereocenters. The van der Waals surface area contributed by atoms with Crippen molar-refractivity contribution < 1.29 is 18.8 Å². The van der Waals surface area contributed by atoms with Gasteiger partial charge in [0, 0.05) is 23.1 Å². The van der Waals surface area contributed by atoms with E-state index in [1.165, 1.54) is 11.3 Å². The largest absolute Gasteiger partial charge is 0.457 e. The van der Waals surface area contributed by atoms with Gasteiger partial charge in [-0.15, -0.1) is 11.3 Å². The van der Waals surface area contributed by atoms with E-state index in [1.807, 2.05) is 17.5 Å². The minimum Gasteiger partial charge on any atom is -0.457 e. The molecule has 0 aliphatic carbocycles. The Morgan fingerprint density at radius 2 is 1.96 bits per heavy atom. The number of Topliss-reactive ketones (excluding diaryl/α,β-unsaturated/α-hetero) is 1. The number of aromatic nitrogens is 1. The molecule has 0 fully saturated rings. The van der Waals surface area contributed by atoms with Crippen LogP contribution in [-0.2, 0) is 16.1 Å². The van der Waals surface area contributed by atoms with Gasteiger partial charge >= 0.3 is 5.97 Å². The molecular formula is C18H14ClNO4S. The summed E-state index contributed by atoms with van der Waals surface area (Å²) in [6, 6.07) is 12.4. The third kappa shape index (κ3) is 4.78. The first-order valence-electron chi connectivity index (χ1n) is 7.55. The van der Waals surface area contributed by atoms with Gasteiger partial charge in [-0.25, -0.2) is 0 Å². The van der Waals surface area contributed by atoms with Gasteiger partial charge in [0.15, 0.2) is 18.2 Å². The van der Waals surface area contributed by atoms with Crippen molar-refractivity contribution in [2.24, 2.45) is 0 Å². The average Bonchev–Trinajstić information content (AvgIpc) is 3.30. The summed E-state index contributed by atoms with van der Waals surface area (Å²) in [6.07, 6.45) is 0.167. The molecule has 0 aliphatic heterocycles. The maximum atomic E-state index is 11.8. The fraction of sp³-hybridized carbons (Fsp3) is 0.167. The molecular weight excluding hydrogens is 362 g/mol. The Balaban J connectivity index is 1.48. The molecule has 0 bridgehead atoms. The first-order valence-corrected chi connectivity index (χ1v) is 8.81. The quantitative estimate of drug-likeness (QED) is 0.439. The van der Waals surface area contributed by atoms with Crippen LogP contribution >= 0.6 is 22.9 Å². The second-order valence-electron chi connectivity index (χ2n) is 5.25. The van der Waals surface area contributed by atoms with Crippen molar-refractivity contribution in [1.29, 1.82) is 0 Å². The molecule has 2 heterocycles. The standard InChI is InChI=1S/C18H14ClNO4S/c19-13-5-3-12(4-6-13)15-10-14(24-20-15)11-23-18(22)8-7-16(21)17-2-1-9-25-17/h1-6,9-10H,7-8,11H2. The Morgan fingerprint density at radius 3 is 2.68 bits per heavy atom. The average molecular weight is 376 g/mol. The van der Waals surface area contributed by atoms with Crippen molar-refractivity contribution in [2.45, 2.75) is 19.4 Å². The van der Waals surface area contributed by atoms with Gasteiger partial charge in [0.2, 0.25) is 0 Å². The summed E-state index contributed by atoms with van der Waals surface area (Å²) in [6.45, 7) is -0.0212. The summed E-state index contributed by atoms with van der Waals surface area (Å²) in [5.74, 6) is -0.0751. The van der Waals surface area contributed by atoms with Gasteiger partial charge in [0.1, 0.15) is 5.69 Å². The van der Waals surface area contributed by atoms with Crippen molar-refractivity contribution >= 4 is 34.7 Å². The van der Waals surface area contributed by atoms with Gasteiger partial charge in [-0.2, -0.15) is 0 Å². The second-order valence-corrected chi connectivity index (χ2v) is 6.63. The summed E-state index contributed by atoms with van der Waals surface area (Å²) >= 11 is 7.21. The number of esters is 1. The van der Waals surface area contributed by atoms with Crippen molar-refractivity contribution in [2.75, 3.05) is 0 Å². The molecule has 2 aromatic heterocycles. The lowest BCUT2D eigenvalue weighted by Crippen LogP contribution is -2.07. The van der Waals surface area contributed by atoms with Crippen molar-refractivity contribution in [1.82, 2.24) is 5.16 Å². The molecule has 0 spiro atoms. The summed E-state index contributed by atoms with van der Waals surface area (Å²) in [5, 5.41) is 6.40. The lowest BCUT2D eigenvalue weighted by atomic mass is 10.1. The zero-order valence-electron chi connectivity index (χ0n) is 13.1. The van der Waals surface area contributed by atoms with Crippen LogP contribution in [0, 0.1) is 0 Å². The van der Waals surface area contributed by atoms with Crippen LogP contribution in [-0.4, -0.2) is 16.9 Å². The molecule has 0 saturated carbocycles. The highest BCUT2D eigenvalue weighted by Gasteiger charge is 2.13. The third-order valence-corrected chi connectivity index (χ3v) is 4.59. The number of nitrogens with zero attached hydrogens (tertiary/aromatic N) is 1. The molecule has 3 aromatic rings. The molecule has 0 radical (unpaired) electrons. The minimum atomic E-state index is -0.450. The highest BCUT2D eigenvalue weighted by molar-refractivity contribution is 7.12. The summed E-state index contributed by atoms with van der Waals surface area (Å²) < 4.78 is 10.3. The second kappa shape index (κ2) is 8.09. The van der Waals surface area contributed by atoms with Gasteiger partial charge in [-0.05, 0) is 23.6 Å². The van der Waals surface area contributed by atoms with Gasteiger partial charge in [0.05, 0.1) is 11.3 Å². The number of carbonyl (C=O) groups is 2. The van der Waals surface area contributed by atoms with Crippen LogP contribution in [0.4, 0.5) is 0 Å². The van der Waals surface area contributed by atoms with Gasteiger partial charge in [-0.1, -0.05) is 35.0 Å². The molecule has 0 saturated heterocycles. The Bertz CT molecular complexity index is 856. The van der Waals surface area contributed by atoms with E-state index in [9.17, 15) is 9.59 Å². The predicted molar refractivity (Wildman–Crippen MR) is 94.6 cm³/mol. The molecule has 0 unspecified atom stereocenters. The third-order valence-electron chi connectivity index (χ3n) is 3.43. The van der Waals surface area contributed by atoms with E-state index < -0.39 is 5.97 Å². The Labute approximate surface area is 153 Å². The summed E-state index contributed by atoms with van der Waals surface area (Å²) in [4.78, 5) is 24.2. The lowest BCUT2D eigenvalue weighted by Gasteiger charge is -2.01. The molecule has 7 heteroatoms. The van der Waals surface area contributed by atoms with E-state index in [1.54, 1.807) is 30.3 Å². The van der Waals surface area contributed by atoms with Crippen LogP contribution in [0.1, 0.15) is 28.3 Å². The van der Waals surface area contributed by atoms with Crippen molar-refractivity contribution in [3.8, 4) is 11.3 Å². The maximum absolute atomic E-state index is 11.8. The van der Waals surface area contributed by atoms with Crippen LogP contribution in [0.5, 0.6) is 0 Å². The predicted octanol–water partition coefficient (Wildman–Crippen LogP) is 4.76. The van der Waals surface area contributed by atoms with E-state index in [-0.39, 0.29) is 25.2 Å². The number of thiophene rings is 1. The minimum absolute atomic E-state index is 0.0212. The van der Waals surface area contributed by atoms with E-state index in [0.717, 1.165) is 5.56 Å². The number of halogens is 1. The Hall–Kier alpha value is -2.44. The highest BCUT2D eigenvalue weighted by Crippen LogP contribution is 2.21. The SMILES string of the molecule is O=C(CCC(=O)c1cccs1)OCc1cc(-c2ccc(Cl)cc2)no1. The number of ketones is 1.